The fourth-order valence-corrected chi connectivity index (χ4v) is 2.10. The predicted molar refractivity (Wildman–Crippen MR) is 77.4 cm³/mol. The van der Waals surface area contributed by atoms with Crippen LogP contribution in [0, 0.1) is 5.92 Å². The van der Waals surface area contributed by atoms with Crippen LogP contribution in [0.1, 0.15) is 45.4 Å². The van der Waals surface area contributed by atoms with Crippen LogP contribution in [0.4, 0.5) is 0 Å². The first kappa shape index (κ1) is 16.9. The zero-order valence-electron chi connectivity index (χ0n) is 12.4. The third kappa shape index (κ3) is 9.38. The molecule has 0 heterocycles. The second kappa shape index (κ2) is 11.6. The Morgan fingerprint density at radius 2 is 2.00 bits per heavy atom. The molecule has 1 aliphatic carbocycles. The van der Waals surface area contributed by atoms with Gasteiger partial charge in [-0.05, 0) is 25.3 Å². The summed E-state index contributed by atoms with van der Waals surface area (Å²) in [5, 5.41) is 13.0. The maximum Gasteiger partial charge on any atom is 0.0897 e. The van der Waals surface area contributed by atoms with E-state index < -0.39 is 6.10 Å². The number of aliphatic hydroxyl groups is 1. The van der Waals surface area contributed by atoms with E-state index in [4.69, 9.17) is 9.47 Å². The van der Waals surface area contributed by atoms with E-state index in [0.29, 0.717) is 26.4 Å². The van der Waals surface area contributed by atoms with Crippen molar-refractivity contribution in [3.63, 3.8) is 0 Å². The standard InChI is InChI=1S/C15H31NO3/c1-2-3-9-18-10-11-19-13-15(17)12-16-8-7-14-5-4-6-14/h14-17H,2-13H2,1H3. The van der Waals surface area contributed by atoms with E-state index in [2.05, 4.69) is 12.2 Å². The lowest BCUT2D eigenvalue weighted by Crippen LogP contribution is -2.32. The molecule has 0 aromatic carbocycles. The fourth-order valence-electron chi connectivity index (χ4n) is 2.10. The molecule has 0 aromatic rings. The molecular formula is C15H31NO3. The lowest BCUT2D eigenvalue weighted by atomic mass is 9.83. The Labute approximate surface area is 117 Å². The number of nitrogens with one attached hydrogen (secondary N) is 1. The van der Waals surface area contributed by atoms with Gasteiger partial charge in [-0.1, -0.05) is 32.6 Å². The maximum atomic E-state index is 9.70. The van der Waals surface area contributed by atoms with Gasteiger partial charge in [0.2, 0.25) is 0 Å². The van der Waals surface area contributed by atoms with Crippen LogP contribution in [0.5, 0.6) is 0 Å². The van der Waals surface area contributed by atoms with Crippen LogP contribution < -0.4 is 5.32 Å². The first-order valence-electron chi connectivity index (χ1n) is 7.87. The van der Waals surface area contributed by atoms with Crippen LogP contribution in [0.3, 0.4) is 0 Å². The molecule has 0 aromatic heterocycles. The summed E-state index contributed by atoms with van der Waals surface area (Å²) in [6.45, 7) is 6.20. The molecule has 1 unspecified atom stereocenters. The SMILES string of the molecule is CCCCOCCOCC(O)CNCCC1CCC1. The smallest absolute Gasteiger partial charge is 0.0897 e. The van der Waals surface area contributed by atoms with Crippen molar-refractivity contribution in [2.45, 2.75) is 51.6 Å². The summed E-state index contributed by atoms with van der Waals surface area (Å²) in [4.78, 5) is 0. The topological polar surface area (TPSA) is 50.7 Å². The highest BCUT2D eigenvalue weighted by Gasteiger charge is 2.16. The van der Waals surface area contributed by atoms with Gasteiger partial charge >= 0.3 is 0 Å². The van der Waals surface area contributed by atoms with Gasteiger partial charge in [-0.25, -0.2) is 0 Å². The lowest BCUT2D eigenvalue weighted by Gasteiger charge is -2.25. The van der Waals surface area contributed by atoms with Gasteiger partial charge in [0.05, 0.1) is 25.9 Å². The molecule has 4 heteroatoms. The number of ether oxygens (including phenoxy) is 2. The van der Waals surface area contributed by atoms with Gasteiger partial charge in [-0.2, -0.15) is 0 Å². The Balaban J connectivity index is 1.75. The molecule has 0 saturated heterocycles. The van der Waals surface area contributed by atoms with Crippen molar-refractivity contribution < 1.29 is 14.6 Å². The number of unbranched alkanes of at least 4 members (excludes halogenated alkanes) is 1. The molecule has 114 valence electrons. The van der Waals surface area contributed by atoms with E-state index >= 15 is 0 Å². The molecule has 0 aliphatic heterocycles. The molecule has 0 radical (unpaired) electrons. The highest BCUT2D eigenvalue weighted by molar-refractivity contribution is 4.70. The minimum Gasteiger partial charge on any atom is -0.389 e. The van der Waals surface area contributed by atoms with Crippen molar-refractivity contribution in [2.75, 3.05) is 39.5 Å². The van der Waals surface area contributed by atoms with E-state index in [0.717, 1.165) is 31.9 Å². The van der Waals surface area contributed by atoms with Gasteiger partial charge in [-0.3, -0.25) is 0 Å². The molecule has 1 fully saturated rings. The molecule has 2 N–H and O–H groups in total. The summed E-state index contributed by atoms with van der Waals surface area (Å²) in [6, 6.07) is 0. The van der Waals surface area contributed by atoms with Crippen molar-refractivity contribution in [1.82, 2.24) is 5.32 Å². The van der Waals surface area contributed by atoms with E-state index in [1.54, 1.807) is 0 Å². The summed E-state index contributed by atoms with van der Waals surface area (Å²) in [5.41, 5.74) is 0. The Kier molecular flexibility index (Phi) is 10.4. The Morgan fingerprint density at radius 1 is 1.21 bits per heavy atom. The Bertz CT molecular complexity index is 198. The van der Waals surface area contributed by atoms with Crippen LogP contribution in [-0.2, 0) is 9.47 Å². The van der Waals surface area contributed by atoms with Crippen LogP contribution in [-0.4, -0.2) is 50.7 Å². The fraction of sp³-hybridized carbons (Fsp3) is 1.00. The molecule has 1 atom stereocenters. The first-order chi connectivity index (χ1) is 9.33. The van der Waals surface area contributed by atoms with Crippen LogP contribution in [0.25, 0.3) is 0 Å². The summed E-state index contributed by atoms with van der Waals surface area (Å²) in [6.07, 6.45) is 7.30. The number of aliphatic hydroxyl groups excluding tert-OH is 1. The molecule has 0 spiro atoms. The zero-order chi connectivity index (χ0) is 13.8. The van der Waals surface area contributed by atoms with Crippen molar-refractivity contribution in [2.24, 2.45) is 5.92 Å². The predicted octanol–water partition coefficient (Wildman–Crippen LogP) is 1.96. The second-order valence-electron chi connectivity index (χ2n) is 5.48. The Hall–Kier alpha value is -0.160. The quantitative estimate of drug-likeness (QED) is 0.504. The van der Waals surface area contributed by atoms with E-state index in [-0.39, 0.29) is 0 Å². The number of hydrogen-bond acceptors (Lipinski definition) is 4. The molecule has 1 saturated carbocycles. The third-order valence-corrected chi connectivity index (χ3v) is 3.66. The van der Waals surface area contributed by atoms with Crippen LogP contribution >= 0.6 is 0 Å². The maximum absolute atomic E-state index is 9.70. The van der Waals surface area contributed by atoms with E-state index in [1.807, 2.05) is 0 Å². The zero-order valence-corrected chi connectivity index (χ0v) is 12.4. The summed E-state index contributed by atoms with van der Waals surface area (Å²) >= 11 is 0. The monoisotopic (exact) mass is 273 g/mol. The average molecular weight is 273 g/mol. The molecule has 1 aliphatic rings. The van der Waals surface area contributed by atoms with Crippen LogP contribution in [0.2, 0.25) is 0 Å². The van der Waals surface area contributed by atoms with Gasteiger partial charge in [0.1, 0.15) is 0 Å². The average Bonchev–Trinajstić information content (AvgIpc) is 2.35. The van der Waals surface area contributed by atoms with E-state index in [1.165, 1.54) is 25.7 Å². The minimum atomic E-state index is -0.406. The molecule has 0 amide bonds. The highest BCUT2D eigenvalue weighted by atomic mass is 16.5. The molecule has 4 nitrogen and oxygen atoms in total. The molecule has 19 heavy (non-hydrogen) atoms. The van der Waals surface area contributed by atoms with Gasteiger partial charge in [0.15, 0.2) is 0 Å². The van der Waals surface area contributed by atoms with Crippen molar-refractivity contribution in [3.05, 3.63) is 0 Å². The van der Waals surface area contributed by atoms with Crippen molar-refractivity contribution >= 4 is 0 Å². The number of rotatable bonds is 13. The summed E-state index contributed by atoms with van der Waals surface area (Å²) in [7, 11) is 0. The Morgan fingerprint density at radius 3 is 2.68 bits per heavy atom. The van der Waals surface area contributed by atoms with E-state index in [9.17, 15) is 5.11 Å². The van der Waals surface area contributed by atoms with Gasteiger partial charge in [0, 0.05) is 13.2 Å². The second-order valence-corrected chi connectivity index (χ2v) is 5.48. The molecule has 0 bridgehead atoms. The minimum absolute atomic E-state index is 0.396. The third-order valence-electron chi connectivity index (χ3n) is 3.66. The van der Waals surface area contributed by atoms with Gasteiger partial charge in [-0.15, -0.1) is 0 Å². The molecule has 1 rings (SSSR count). The van der Waals surface area contributed by atoms with Crippen LogP contribution in [0.15, 0.2) is 0 Å². The number of hydrogen-bond donors (Lipinski definition) is 2. The molecular weight excluding hydrogens is 242 g/mol. The highest BCUT2D eigenvalue weighted by Crippen LogP contribution is 2.28. The summed E-state index contributed by atoms with van der Waals surface area (Å²) in [5.74, 6) is 0.932. The van der Waals surface area contributed by atoms with Gasteiger partial charge in [0.25, 0.3) is 0 Å². The van der Waals surface area contributed by atoms with Gasteiger partial charge < -0.3 is 19.9 Å². The van der Waals surface area contributed by atoms with Crippen molar-refractivity contribution in [3.8, 4) is 0 Å². The summed E-state index contributed by atoms with van der Waals surface area (Å²) < 4.78 is 10.7. The normalized spacial score (nSPS) is 17.4. The largest absolute Gasteiger partial charge is 0.389 e. The lowest BCUT2D eigenvalue weighted by molar-refractivity contribution is 0.00385. The van der Waals surface area contributed by atoms with Crippen molar-refractivity contribution in [1.29, 1.82) is 0 Å². The first-order valence-corrected chi connectivity index (χ1v) is 7.87.